The maximum atomic E-state index is 11.1. The van der Waals surface area contributed by atoms with E-state index in [2.05, 4.69) is 5.10 Å². The fourth-order valence-electron chi connectivity index (χ4n) is 1.88. The average Bonchev–Trinajstić information content (AvgIpc) is 2.65. The second kappa shape index (κ2) is 4.34. The van der Waals surface area contributed by atoms with Crippen molar-refractivity contribution in [1.82, 2.24) is 9.78 Å². The number of rotatable bonds is 2. The Hall–Kier alpha value is -2.61. The number of hydrogen-bond acceptors (Lipinski definition) is 3. The number of carbonyl (C=O) groups is 1. The van der Waals surface area contributed by atoms with E-state index in [1.165, 1.54) is 0 Å². The van der Waals surface area contributed by atoms with Gasteiger partial charge in [-0.15, -0.1) is 0 Å². The number of nitrogens with zero attached hydrogens (tertiary/aromatic N) is 3. The Morgan fingerprint density at radius 3 is 2.39 bits per heavy atom. The standard InChI is InChI=1S/C13H11N3O2/c1-8-12(13(17)18)9(2)16(15-8)11-5-3-10(7-14)4-6-11/h3-6H,1-2H3,(H,17,18). The van der Waals surface area contributed by atoms with E-state index in [0.717, 1.165) is 5.69 Å². The maximum absolute atomic E-state index is 11.1. The first-order valence-corrected chi connectivity index (χ1v) is 5.34. The number of benzene rings is 1. The van der Waals surface area contributed by atoms with Crippen LogP contribution in [0.15, 0.2) is 24.3 Å². The van der Waals surface area contributed by atoms with Crippen molar-refractivity contribution < 1.29 is 9.90 Å². The van der Waals surface area contributed by atoms with E-state index in [4.69, 9.17) is 10.4 Å². The smallest absolute Gasteiger partial charge is 0.339 e. The van der Waals surface area contributed by atoms with Gasteiger partial charge in [-0.25, -0.2) is 9.48 Å². The van der Waals surface area contributed by atoms with E-state index in [0.29, 0.717) is 17.0 Å². The molecule has 0 radical (unpaired) electrons. The Kier molecular flexibility index (Phi) is 2.86. The largest absolute Gasteiger partial charge is 0.478 e. The molecule has 5 nitrogen and oxygen atoms in total. The predicted octanol–water partition coefficient (Wildman–Crippen LogP) is 2.06. The van der Waals surface area contributed by atoms with E-state index in [1.807, 2.05) is 6.07 Å². The molecule has 0 unspecified atom stereocenters. The minimum Gasteiger partial charge on any atom is -0.478 e. The Morgan fingerprint density at radius 2 is 1.94 bits per heavy atom. The van der Waals surface area contributed by atoms with Gasteiger partial charge in [0.05, 0.1) is 28.7 Å². The first-order valence-electron chi connectivity index (χ1n) is 5.34. The summed E-state index contributed by atoms with van der Waals surface area (Å²) in [5.41, 5.74) is 2.56. The highest BCUT2D eigenvalue weighted by Gasteiger charge is 2.18. The van der Waals surface area contributed by atoms with Crippen molar-refractivity contribution in [2.75, 3.05) is 0 Å². The summed E-state index contributed by atoms with van der Waals surface area (Å²) < 4.78 is 1.57. The van der Waals surface area contributed by atoms with Gasteiger partial charge in [0, 0.05) is 0 Å². The van der Waals surface area contributed by atoms with Crippen LogP contribution in [-0.4, -0.2) is 20.9 Å². The molecule has 0 bridgehead atoms. The molecule has 5 heteroatoms. The third-order valence-corrected chi connectivity index (χ3v) is 2.75. The minimum atomic E-state index is -0.982. The molecule has 0 aliphatic heterocycles. The van der Waals surface area contributed by atoms with Crippen LogP contribution in [0.3, 0.4) is 0 Å². The average molecular weight is 241 g/mol. The van der Waals surface area contributed by atoms with Gasteiger partial charge in [0.15, 0.2) is 0 Å². The van der Waals surface area contributed by atoms with Crippen LogP contribution in [0.25, 0.3) is 5.69 Å². The van der Waals surface area contributed by atoms with Crippen LogP contribution in [0.4, 0.5) is 0 Å². The summed E-state index contributed by atoms with van der Waals surface area (Å²) in [6.07, 6.45) is 0. The van der Waals surface area contributed by atoms with Gasteiger partial charge in [-0.05, 0) is 38.1 Å². The highest BCUT2D eigenvalue weighted by Crippen LogP contribution is 2.18. The molecule has 90 valence electrons. The molecule has 0 atom stereocenters. The fourth-order valence-corrected chi connectivity index (χ4v) is 1.88. The highest BCUT2D eigenvalue weighted by molar-refractivity contribution is 5.90. The van der Waals surface area contributed by atoms with Crippen LogP contribution < -0.4 is 0 Å². The molecule has 0 aliphatic rings. The van der Waals surface area contributed by atoms with Gasteiger partial charge in [0.1, 0.15) is 5.56 Å². The van der Waals surface area contributed by atoms with Gasteiger partial charge in [-0.3, -0.25) is 0 Å². The summed E-state index contributed by atoms with van der Waals surface area (Å²) >= 11 is 0. The molecule has 1 heterocycles. The first kappa shape index (κ1) is 11.9. The van der Waals surface area contributed by atoms with E-state index in [1.54, 1.807) is 42.8 Å². The number of aryl methyl sites for hydroxylation is 1. The SMILES string of the molecule is Cc1nn(-c2ccc(C#N)cc2)c(C)c1C(=O)O. The quantitative estimate of drug-likeness (QED) is 0.872. The molecule has 1 aromatic heterocycles. The molecule has 0 spiro atoms. The topological polar surface area (TPSA) is 78.9 Å². The number of carboxylic acids is 1. The summed E-state index contributed by atoms with van der Waals surface area (Å²) in [4.78, 5) is 11.1. The van der Waals surface area contributed by atoms with Crippen molar-refractivity contribution in [3.8, 4) is 11.8 Å². The lowest BCUT2D eigenvalue weighted by Gasteiger charge is -2.04. The fraction of sp³-hybridized carbons (Fsp3) is 0.154. The normalized spacial score (nSPS) is 10.1. The molecule has 1 aromatic carbocycles. The van der Waals surface area contributed by atoms with Gasteiger partial charge in [0.25, 0.3) is 0 Å². The Morgan fingerprint density at radius 1 is 1.33 bits per heavy atom. The second-order valence-corrected chi connectivity index (χ2v) is 3.92. The lowest BCUT2D eigenvalue weighted by Crippen LogP contribution is -2.02. The molecule has 0 amide bonds. The Labute approximate surface area is 104 Å². The summed E-state index contributed by atoms with van der Waals surface area (Å²) in [6.45, 7) is 3.37. The van der Waals surface area contributed by atoms with Crippen molar-refractivity contribution in [1.29, 1.82) is 5.26 Å². The Bertz CT molecular complexity index is 648. The minimum absolute atomic E-state index is 0.222. The Balaban J connectivity index is 2.55. The van der Waals surface area contributed by atoms with Gasteiger partial charge in [-0.1, -0.05) is 0 Å². The van der Waals surface area contributed by atoms with Gasteiger partial charge < -0.3 is 5.11 Å². The van der Waals surface area contributed by atoms with E-state index < -0.39 is 5.97 Å². The molecule has 18 heavy (non-hydrogen) atoms. The van der Waals surface area contributed by atoms with Gasteiger partial charge in [-0.2, -0.15) is 10.4 Å². The van der Waals surface area contributed by atoms with Gasteiger partial charge in [0.2, 0.25) is 0 Å². The van der Waals surface area contributed by atoms with Crippen LogP contribution in [0.1, 0.15) is 27.3 Å². The molecule has 0 fully saturated rings. The predicted molar refractivity (Wildman–Crippen MR) is 64.7 cm³/mol. The van der Waals surface area contributed by atoms with Crippen molar-refractivity contribution in [3.63, 3.8) is 0 Å². The molecule has 0 saturated heterocycles. The third-order valence-electron chi connectivity index (χ3n) is 2.75. The zero-order valence-corrected chi connectivity index (χ0v) is 10.0. The molecule has 2 aromatic rings. The van der Waals surface area contributed by atoms with Crippen LogP contribution in [0, 0.1) is 25.2 Å². The van der Waals surface area contributed by atoms with Crippen LogP contribution in [0.2, 0.25) is 0 Å². The zero-order chi connectivity index (χ0) is 13.3. The number of aromatic carboxylic acids is 1. The monoisotopic (exact) mass is 241 g/mol. The summed E-state index contributed by atoms with van der Waals surface area (Å²) in [5, 5.41) is 22.0. The van der Waals surface area contributed by atoms with Crippen LogP contribution in [0.5, 0.6) is 0 Å². The lowest BCUT2D eigenvalue weighted by molar-refractivity contribution is 0.0695. The van der Waals surface area contributed by atoms with Crippen molar-refractivity contribution in [2.45, 2.75) is 13.8 Å². The van der Waals surface area contributed by atoms with Gasteiger partial charge >= 0.3 is 5.97 Å². The summed E-state index contributed by atoms with van der Waals surface area (Å²) in [5.74, 6) is -0.982. The number of carboxylic acid groups (broad SMARTS) is 1. The number of nitriles is 1. The van der Waals surface area contributed by atoms with Crippen molar-refractivity contribution in [2.24, 2.45) is 0 Å². The summed E-state index contributed by atoms with van der Waals surface area (Å²) in [7, 11) is 0. The van der Waals surface area contributed by atoms with Crippen molar-refractivity contribution in [3.05, 3.63) is 46.8 Å². The third kappa shape index (κ3) is 1.84. The maximum Gasteiger partial charge on any atom is 0.339 e. The van der Waals surface area contributed by atoms with E-state index in [-0.39, 0.29) is 5.56 Å². The van der Waals surface area contributed by atoms with Crippen molar-refractivity contribution >= 4 is 5.97 Å². The number of hydrogen-bond donors (Lipinski definition) is 1. The molecule has 1 N–H and O–H groups in total. The van der Waals surface area contributed by atoms with E-state index in [9.17, 15) is 4.79 Å². The molecular formula is C13H11N3O2. The highest BCUT2D eigenvalue weighted by atomic mass is 16.4. The zero-order valence-electron chi connectivity index (χ0n) is 10.0. The van der Waals surface area contributed by atoms with Crippen LogP contribution in [-0.2, 0) is 0 Å². The second-order valence-electron chi connectivity index (χ2n) is 3.92. The molecule has 0 saturated carbocycles. The van der Waals surface area contributed by atoms with E-state index >= 15 is 0 Å². The lowest BCUT2D eigenvalue weighted by atomic mass is 10.2. The molecule has 2 rings (SSSR count). The molecule has 0 aliphatic carbocycles. The number of aromatic nitrogens is 2. The molecular weight excluding hydrogens is 230 g/mol. The summed E-state index contributed by atoms with van der Waals surface area (Å²) in [6, 6.07) is 8.86. The van der Waals surface area contributed by atoms with Crippen LogP contribution >= 0.6 is 0 Å². The first-order chi connectivity index (χ1) is 8.54.